The molecule has 2 atom stereocenters. The summed E-state index contributed by atoms with van der Waals surface area (Å²) in [5.74, 6) is -2.81. The topological polar surface area (TPSA) is 123 Å². The van der Waals surface area contributed by atoms with Crippen LogP contribution in [-0.4, -0.2) is 40.7 Å². The minimum atomic E-state index is -1.16. The van der Waals surface area contributed by atoms with Crippen molar-refractivity contribution in [2.75, 3.05) is 0 Å². The van der Waals surface area contributed by atoms with Gasteiger partial charge in [0.2, 0.25) is 0 Å². The number of hydrogen-bond acceptors (Lipinski definition) is 7. The number of hydrogen-bond donors (Lipinski definition) is 1. The number of benzene rings is 2. The number of carbonyl (C=O) groups excluding carboxylic acids is 4. The highest BCUT2D eigenvalue weighted by Crippen LogP contribution is 2.29. The summed E-state index contributed by atoms with van der Waals surface area (Å²) in [6.45, 7) is 7.16. The summed E-state index contributed by atoms with van der Waals surface area (Å²) in [5.41, 5.74) is -0.355. The minimum Gasteiger partial charge on any atom is -0.425 e. The number of rotatable bonds is 7. The first-order valence-electron chi connectivity index (χ1n) is 11.7. The molecule has 0 aliphatic carbocycles. The van der Waals surface area contributed by atoms with Crippen molar-refractivity contribution >= 4 is 34.7 Å². The summed E-state index contributed by atoms with van der Waals surface area (Å²) in [7, 11) is 0. The molecule has 0 saturated carbocycles. The van der Waals surface area contributed by atoms with Crippen LogP contribution in [0.1, 0.15) is 65.2 Å². The summed E-state index contributed by atoms with van der Waals surface area (Å²) in [6.07, 6.45) is 0.706. The smallest absolute Gasteiger partial charge is 0.349 e. The van der Waals surface area contributed by atoms with Crippen molar-refractivity contribution in [3.63, 3.8) is 0 Å². The molecule has 2 heterocycles. The minimum absolute atomic E-state index is 0.0646. The molecule has 36 heavy (non-hydrogen) atoms. The lowest BCUT2D eigenvalue weighted by atomic mass is 10.0. The van der Waals surface area contributed by atoms with E-state index in [0.717, 1.165) is 4.90 Å². The van der Waals surface area contributed by atoms with Crippen LogP contribution < -0.4 is 15.7 Å². The van der Waals surface area contributed by atoms with Gasteiger partial charge in [0, 0.05) is 17.5 Å². The van der Waals surface area contributed by atoms with Crippen LogP contribution in [0.4, 0.5) is 0 Å². The Kier molecular flexibility index (Phi) is 6.74. The normalized spacial score (nSPS) is 14.6. The second kappa shape index (κ2) is 9.77. The average molecular weight is 491 g/mol. The molecule has 0 saturated heterocycles. The van der Waals surface area contributed by atoms with Crippen molar-refractivity contribution in [2.45, 2.75) is 46.2 Å². The van der Waals surface area contributed by atoms with E-state index in [1.165, 1.54) is 18.2 Å². The van der Waals surface area contributed by atoms with E-state index in [4.69, 9.17) is 9.15 Å². The molecule has 1 aliphatic rings. The van der Waals surface area contributed by atoms with Gasteiger partial charge in [-0.05, 0) is 49.6 Å². The van der Waals surface area contributed by atoms with Gasteiger partial charge in [-0.2, -0.15) is 0 Å². The van der Waals surface area contributed by atoms with Crippen LogP contribution in [0.15, 0.2) is 57.7 Å². The van der Waals surface area contributed by atoms with Crippen molar-refractivity contribution < 1.29 is 28.3 Å². The lowest BCUT2D eigenvalue weighted by molar-refractivity contribution is -0.140. The number of imide groups is 1. The van der Waals surface area contributed by atoms with E-state index in [1.54, 1.807) is 44.2 Å². The number of carbonyl (C=O) groups is 4. The molecule has 2 unspecified atom stereocenters. The number of esters is 1. The molecule has 0 bridgehead atoms. The fourth-order valence-corrected chi connectivity index (χ4v) is 4.03. The Morgan fingerprint density at radius 1 is 0.972 bits per heavy atom. The summed E-state index contributed by atoms with van der Waals surface area (Å²) < 4.78 is 10.8. The van der Waals surface area contributed by atoms with Crippen molar-refractivity contribution in [1.29, 1.82) is 0 Å². The maximum absolute atomic E-state index is 13.1. The average Bonchev–Trinajstić information content (AvgIpc) is 3.08. The highest BCUT2D eigenvalue weighted by atomic mass is 16.5. The fourth-order valence-electron chi connectivity index (χ4n) is 4.03. The van der Waals surface area contributed by atoms with E-state index in [1.807, 2.05) is 13.8 Å². The Morgan fingerprint density at radius 3 is 2.19 bits per heavy atom. The van der Waals surface area contributed by atoms with Crippen molar-refractivity contribution in [3.8, 4) is 5.75 Å². The molecule has 9 nitrogen and oxygen atoms in total. The fraction of sp³-hybridized carbons (Fsp3) is 0.296. The van der Waals surface area contributed by atoms with Gasteiger partial charge in [0.15, 0.2) is 0 Å². The quantitative estimate of drug-likeness (QED) is 0.233. The highest BCUT2D eigenvalue weighted by molar-refractivity contribution is 6.22. The third-order valence-corrected chi connectivity index (χ3v) is 6.14. The van der Waals surface area contributed by atoms with Crippen molar-refractivity contribution in [3.05, 3.63) is 75.6 Å². The van der Waals surface area contributed by atoms with Crippen LogP contribution >= 0.6 is 0 Å². The maximum atomic E-state index is 13.1. The molecule has 3 amide bonds. The number of fused-ring (bicyclic) bond motifs is 2. The molecule has 9 heteroatoms. The molecule has 0 spiro atoms. The van der Waals surface area contributed by atoms with E-state index >= 15 is 0 Å². The van der Waals surface area contributed by atoms with Crippen LogP contribution in [0.3, 0.4) is 0 Å². The first-order valence-corrected chi connectivity index (χ1v) is 11.7. The SMILES string of the molecule is CCC(C)NC(=O)c1cc2ccc(OC(=O)C(C(C)C)N3C(=O)c4ccccc4C3=O)cc2oc1=O. The van der Waals surface area contributed by atoms with Gasteiger partial charge in [-0.15, -0.1) is 0 Å². The third kappa shape index (κ3) is 4.51. The predicted octanol–water partition coefficient (Wildman–Crippen LogP) is 3.55. The van der Waals surface area contributed by atoms with E-state index in [9.17, 15) is 24.0 Å². The number of nitrogens with zero attached hydrogens (tertiary/aromatic N) is 1. The molecule has 1 aliphatic heterocycles. The van der Waals surface area contributed by atoms with Crippen LogP contribution in [0.2, 0.25) is 0 Å². The van der Waals surface area contributed by atoms with E-state index in [2.05, 4.69) is 5.32 Å². The van der Waals surface area contributed by atoms with Crippen LogP contribution in [0.25, 0.3) is 11.0 Å². The summed E-state index contributed by atoms with van der Waals surface area (Å²) >= 11 is 0. The lowest BCUT2D eigenvalue weighted by Crippen LogP contribution is -2.49. The highest BCUT2D eigenvalue weighted by Gasteiger charge is 2.44. The third-order valence-electron chi connectivity index (χ3n) is 6.14. The molecule has 186 valence electrons. The zero-order chi connectivity index (χ0) is 26.1. The molecule has 1 aromatic heterocycles. The van der Waals surface area contributed by atoms with Gasteiger partial charge in [-0.25, -0.2) is 9.59 Å². The Bertz CT molecular complexity index is 1400. The lowest BCUT2D eigenvalue weighted by Gasteiger charge is -2.27. The van der Waals surface area contributed by atoms with Gasteiger partial charge >= 0.3 is 11.6 Å². The Balaban J connectivity index is 1.59. The van der Waals surface area contributed by atoms with Crippen molar-refractivity contribution in [1.82, 2.24) is 10.2 Å². The Morgan fingerprint density at radius 2 is 1.61 bits per heavy atom. The van der Waals surface area contributed by atoms with Gasteiger partial charge in [0.05, 0.1) is 11.1 Å². The van der Waals surface area contributed by atoms with E-state index in [0.29, 0.717) is 11.8 Å². The second-order valence-corrected chi connectivity index (χ2v) is 9.07. The largest absolute Gasteiger partial charge is 0.425 e. The molecule has 4 rings (SSSR count). The van der Waals surface area contributed by atoms with E-state index in [-0.39, 0.29) is 34.1 Å². The van der Waals surface area contributed by atoms with Gasteiger partial charge in [-0.1, -0.05) is 32.9 Å². The van der Waals surface area contributed by atoms with Gasteiger partial charge in [0.25, 0.3) is 17.7 Å². The zero-order valence-electron chi connectivity index (χ0n) is 20.4. The maximum Gasteiger partial charge on any atom is 0.349 e. The second-order valence-electron chi connectivity index (χ2n) is 9.07. The monoisotopic (exact) mass is 490 g/mol. The number of nitrogens with one attached hydrogen (secondary N) is 1. The molecule has 0 radical (unpaired) electrons. The molecule has 3 aromatic rings. The van der Waals surface area contributed by atoms with Gasteiger partial charge < -0.3 is 14.5 Å². The first kappa shape index (κ1) is 24.8. The van der Waals surface area contributed by atoms with Crippen LogP contribution in [0.5, 0.6) is 5.75 Å². The van der Waals surface area contributed by atoms with Gasteiger partial charge in [-0.3, -0.25) is 19.3 Å². The van der Waals surface area contributed by atoms with Crippen molar-refractivity contribution in [2.24, 2.45) is 5.92 Å². The molecule has 0 fully saturated rings. The zero-order valence-corrected chi connectivity index (χ0v) is 20.4. The summed E-state index contributed by atoms with van der Waals surface area (Å²) in [5, 5.41) is 3.19. The number of ether oxygens (including phenoxy) is 1. The summed E-state index contributed by atoms with van der Waals surface area (Å²) in [4.78, 5) is 64.7. The molecule has 2 aromatic carbocycles. The molecule has 1 N–H and O–H groups in total. The van der Waals surface area contributed by atoms with E-state index < -0.39 is 41.3 Å². The Labute approximate surface area is 207 Å². The Hall–Kier alpha value is -4.27. The van der Waals surface area contributed by atoms with Gasteiger partial charge in [0.1, 0.15) is 22.9 Å². The standard InChI is InChI=1S/C27H26N2O7/c1-5-15(4)28-23(30)20-12-16-10-11-17(13-21(16)36-26(20)33)35-27(34)22(14(2)3)29-24(31)18-8-6-7-9-19(18)25(29)32/h6-15,22H,5H2,1-4H3,(H,28,30). The molecular formula is C27H26N2O7. The number of amides is 3. The molecular weight excluding hydrogens is 464 g/mol. The summed E-state index contributed by atoms with van der Waals surface area (Å²) in [6, 6.07) is 10.9. The predicted molar refractivity (Wildman–Crippen MR) is 131 cm³/mol. The van der Waals surface area contributed by atoms with Crippen LogP contribution in [-0.2, 0) is 4.79 Å². The first-order chi connectivity index (χ1) is 17.1. The van der Waals surface area contributed by atoms with Crippen LogP contribution in [0, 0.1) is 5.92 Å².